The van der Waals surface area contributed by atoms with Crippen molar-refractivity contribution >= 4 is 50.4 Å². The van der Waals surface area contributed by atoms with E-state index in [0.717, 1.165) is 30.7 Å². The number of nitrogen functional groups attached to an aromatic ring is 1. The van der Waals surface area contributed by atoms with Crippen LogP contribution in [0.1, 0.15) is 39.3 Å². The topological polar surface area (TPSA) is 229 Å². The van der Waals surface area contributed by atoms with E-state index < -0.39 is 58.2 Å². The third-order valence-electron chi connectivity index (χ3n) is 5.79. The van der Waals surface area contributed by atoms with Crippen LogP contribution in [-0.4, -0.2) is 80.6 Å². The molecule has 1 fully saturated rings. The van der Waals surface area contributed by atoms with E-state index in [9.17, 15) is 27.9 Å². The number of nitrogens with zero attached hydrogens (tertiary/aromatic N) is 5. The molecule has 5 N–H and O–H groups in total. The number of hydrogen-bond donors (Lipinski definition) is 4. The van der Waals surface area contributed by atoms with Crippen LogP contribution in [0.4, 0.5) is 5.13 Å². The maximum Gasteiger partial charge on any atom is 0.418 e. The molecule has 1 saturated heterocycles. The minimum absolute atomic E-state index is 0.0688. The van der Waals surface area contributed by atoms with Gasteiger partial charge < -0.3 is 25.7 Å². The molecule has 0 aromatic carbocycles. The van der Waals surface area contributed by atoms with Gasteiger partial charge in [-0.2, -0.15) is 18.2 Å². The molecule has 2 amide bonds. The van der Waals surface area contributed by atoms with Gasteiger partial charge in [0.1, 0.15) is 24.5 Å². The number of aliphatic carboxylic acids is 1. The summed E-state index contributed by atoms with van der Waals surface area (Å²) < 4.78 is 44.5. The number of nitrogens with one attached hydrogen (secondary N) is 1. The van der Waals surface area contributed by atoms with E-state index in [1.807, 2.05) is 11.7 Å². The largest absolute Gasteiger partial charge is 0.481 e. The number of unbranched alkanes of at least 4 members (excludes halogenated alkanes) is 1. The van der Waals surface area contributed by atoms with Crippen LogP contribution in [0.5, 0.6) is 5.75 Å². The number of aryl methyl sites for hydroxylation is 2. The summed E-state index contributed by atoms with van der Waals surface area (Å²) in [4.78, 5) is 46.5. The van der Waals surface area contributed by atoms with E-state index in [1.54, 1.807) is 17.1 Å². The van der Waals surface area contributed by atoms with Crippen molar-refractivity contribution in [1.29, 1.82) is 0 Å². The van der Waals surface area contributed by atoms with E-state index in [1.165, 1.54) is 19.2 Å². The Kier molecular flexibility index (Phi) is 9.33. The number of carbonyl (C=O) groups is 3. The molecule has 0 saturated carbocycles. The van der Waals surface area contributed by atoms with E-state index in [4.69, 9.17) is 19.9 Å². The number of thiazole rings is 1. The van der Waals surface area contributed by atoms with Gasteiger partial charge in [-0.3, -0.25) is 14.1 Å². The minimum atomic E-state index is -5.00. The number of hydrogen-bond acceptors (Lipinski definition) is 12. The van der Waals surface area contributed by atoms with Crippen LogP contribution in [0.2, 0.25) is 0 Å². The fourth-order valence-corrected chi connectivity index (χ4v) is 4.60. The van der Waals surface area contributed by atoms with Gasteiger partial charge in [-0.15, -0.1) is 20.3 Å². The third kappa shape index (κ3) is 7.23. The van der Waals surface area contributed by atoms with Crippen molar-refractivity contribution < 1.29 is 51.0 Å². The number of carbonyl (C=O) groups excluding carboxylic acids is 2. The van der Waals surface area contributed by atoms with Crippen molar-refractivity contribution in [1.82, 2.24) is 20.0 Å². The Morgan fingerprint density at radius 1 is 1.40 bits per heavy atom. The van der Waals surface area contributed by atoms with Crippen LogP contribution < -0.4 is 20.5 Å². The van der Waals surface area contributed by atoms with Crippen molar-refractivity contribution in [3.63, 3.8) is 0 Å². The van der Waals surface area contributed by atoms with E-state index in [2.05, 4.69) is 26.7 Å². The van der Waals surface area contributed by atoms with Gasteiger partial charge in [0.15, 0.2) is 17.9 Å². The molecule has 2 aromatic heterocycles. The van der Waals surface area contributed by atoms with Crippen LogP contribution in [0.25, 0.3) is 0 Å². The lowest BCUT2D eigenvalue weighted by Gasteiger charge is -2.50. The number of nitrogens with two attached hydrogens (primary N) is 1. The van der Waals surface area contributed by atoms with Crippen LogP contribution in [-0.2, 0) is 47.5 Å². The molecular weight excluding hydrogens is 574 g/mol. The second kappa shape index (κ2) is 12.1. The molecule has 40 heavy (non-hydrogen) atoms. The minimum Gasteiger partial charge on any atom is -0.481 e. The van der Waals surface area contributed by atoms with Gasteiger partial charge in [-0.1, -0.05) is 18.5 Å². The first-order valence-corrected chi connectivity index (χ1v) is 14.1. The molecule has 1 aliphatic heterocycles. The molecule has 0 radical (unpaired) electrons. The predicted octanol–water partition coefficient (Wildman–Crippen LogP) is -0.756. The molecule has 2 atom stereocenters. The van der Waals surface area contributed by atoms with Crippen LogP contribution in [0, 0.1) is 0 Å². The number of aromatic nitrogens is 3. The fraction of sp³-hybridized carbons (Fsp3) is 0.524. The van der Waals surface area contributed by atoms with E-state index >= 15 is 0 Å². The van der Waals surface area contributed by atoms with Gasteiger partial charge in [0.05, 0.1) is 12.1 Å². The molecule has 0 bridgehead atoms. The van der Waals surface area contributed by atoms with Gasteiger partial charge >= 0.3 is 16.4 Å². The molecule has 220 valence electrons. The van der Waals surface area contributed by atoms with E-state index in [0.29, 0.717) is 10.8 Å². The Labute approximate surface area is 233 Å². The number of amides is 2. The molecule has 19 heteroatoms. The molecule has 3 heterocycles. The number of ether oxygens (including phenoxy) is 1. The number of anilines is 1. The van der Waals surface area contributed by atoms with Crippen molar-refractivity contribution in [2.24, 2.45) is 12.2 Å². The Balaban J connectivity index is 1.75. The summed E-state index contributed by atoms with van der Waals surface area (Å²) in [7, 11) is -3.19. The molecule has 3 rings (SSSR count). The second-order valence-corrected chi connectivity index (χ2v) is 11.1. The SMILES string of the molecule is CCCCn1cc(OC[C@H](ON=C(C(=O)NC2C(=O)N(OS(=O)(=O)O)C2(C)C)c2csc(N)n2)C(=O)O)c[n+]1C. The smallest absolute Gasteiger partial charge is 0.418 e. The average Bonchev–Trinajstić information content (AvgIpc) is 3.45. The van der Waals surface area contributed by atoms with Crippen molar-refractivity contribution in [2.75, 3.05) is 12.3 Å². The highest BCUT2D eigenvalue weighted by atomic mass is 32.3. The van der Waals surface area contributed by atoms with Crippen molar-refractivity contribution in [3.05, 3.63) is 23.5 Å². The molecule has 1 aliphatic rings. The third-order valence-corrected chi connectivity index (χ3v) is 6.80. The highest BCUT2D eigenvalue weighted by Gasteiger charge is 2.58. The lowest BCUT2D eigenvalue weighted by atomic mass is 9.84. The number of β-lactam (4-membered cyclic amide) rings is 1. The first-order chi connectivity index (χ1) is 18.6. The Bertz CT molecular complexity index is 1400. The van der Waals surface area contributed by atoms with Gasteiger partial charge in [-0.25, -0.2) is 9.78 Å². The van der Waals surface area contributed by atoms with Gasteiger partial charge in [0.2, 0.25) is 11.9 Å². The summed E-state index contributed by atoms with van der Waals surface area (Å²) >= 11 is 0.968. The van der Waals surface area contributed by atoms with Crippen LogP contribution >= 0.6 is 11.3 Å². The fourth-order valence-electron chi connectivity index (χ4n) is 3.60. The molecular formula is C21H30N7O10S2+. The number of hydroxylamine groups is 2. The summed E-state index contributed by atoms with van der Waals surface area (Å²) in [5.41, 5.74) is 3.68. The molecule has 17 nitrogen and oxygen atoms in total. The van der Waals surface area contributed by atoms with Crippen LogP contribution in [0.3, 0.4) is 0 Å². The summed E-state index contributed by atoms with van der Waals surface area (Å²) in [6, 6.07) is -1.31. The Morgan fingerprint density at radius 3 is 2.65 bits per heavy atom. The van der Waals surface area contributed by atoms with Crippen LogP contribution in [0.15, 0.2) is 22.9 Å². The highest BCUT2D eigenvalue weighted by molar-refractivity contribution is 7.80. The highest BCUT2D eigenvalue weighted by Crippen LogP contribution is 2.33. The second-order valence-electron chi connectivity index (χ2n) is 9.20. The normalized spacial score (nSPS) is 17.7. The molecule has 0 spiro atoms. The maximum absolute atomic E-state index is 13.1. The monoisotopic (exact) mass is 604 g/mol. The lowest BCUT2D eigenvalue weighted by Crippen LogP contribution is -2.76. The van der Waals surface area contributed by atoms with Gasteiger partial charge in [-0.05, 0) is 20.3 Å². The van der Waals surface area contributed by atoms with Gasteiger partial charge in [0.25, 0.3) is 17.9 Å². The summed E-state index contributed by atoms with van der Waals surface area (Å²) in [6.07, 6.45) is 3.68. The molecule has 1 unspecified atom stereocenters. The number of oxime groups is 1. The first kappa shape index (κ1) is 30.7. The summed E-state index contributed by atoms with van der Waals surface area (Å²) in [5.74, 6) is -3.02. The average molecular weight is 605 g/mol. The zero-order chi connectivity index (χ0) is 29.8. The Hall–Kier alpha value is -3.81. The predicted molar refractivity (Wildman–Crippen MR) is 137 cm³/mol. The quantitative estimate of drug-likeness (QED) is 0.0686. The zero-order valence-electron chi connectivity index (χ0n) is 22.0. The number of carboxylic acids is 1. The van der Waals surface area contributed by atoms with Crippen molar-refractivity contribution in [2.45, 2.75) is 57.8 Å². The standard InChI is InChI=1S/C21H29N7O10S2/c1-5-6-7-27-9-12(8-26(27)4)36-10-14(19(31)32)37-25-15(13-11-39-20(22)23-13)17(29)24-16-18(30)28(21(16,2)3)38-40(33,34)35/h8-9,11,14,16H,5-7,10H2,1-4H3,(H4-,22,23,24,29,31,32,33,34,35)/p+1/t14-,16?/m0/s1. The summed E-state index contributed by atoms with van der Waals surface area (Å²) in [6.45, 7) is 5.08. The number of carboxylic acid groups (broad SMARTS) is 1. The number of rotatable bonds is 14. The summed E-state index contributed by atoms with van der Waals surface area (Å²) in [5, 5.41) is 17.5. The Morgan fingerprint density at radius 2 is 2.10 bits per heavy atom. The lowest BCUT2D eigenvalue weighted by molar-refractivity contribution is -0.753. The van der Waals surface area contributed by atoms with Crippen molar-refractivity contribution in [3.8, 4) is 5.75 Å². The molecule has 2 aromatic rings. The van der Waals surface area contributed by atoms with Gasteiger partial charge in [0, 0.05) is 5.38 Å². The maximum atomic E-state index is 13.1. The molecule has 0 aliphatic carbocycles. The zero-order valence-corrected chi connectivity index (χ0v) is 23.6. The van der Waals surface area contributed by atoms with E-state index in [-0.39, 0.29) is 10.8 Å². The first-order valence-electron chi connectivity index (χ1n) is 11.8.